The monoisotopic (exact) mass is 297 g/mol. The second-order valence-corrected chi connectivity index (χ2v) is 5.17. The second-order valence-electron chi connectivity index (χ2n) is 4.39. The van der Waals surface area contributed by atoms with Crippen molar-refractivity contribution in [1.82, 2.24) is 4.37 Å². The van der Waals surface area contributed by atoms with E-state index in [-0.39, 0.29) is 12.5 Å². The van der Waals surface area contributed by atoms with Gasteiger partial charge < -0.3 is 15.8 Å². The lowest BCUT2D eigenvalue weighted by Gasteiger charge is -2.11. The fourth-order valence-corrected chi connectivity index (χ4v) is 2.08. The summed E-state index contributed by atoms with van der Waals surface area (Å²) in [6.07, 6.45) is -4.34. The molecule has 1 aromatic rings. The molecule has 0 aliphatic heterocycles. The lowest BCUT2D eigenvalue weighted by Crippen LogP contribution is -2.10. The molecule has 0 radical (unpaired) electrons. The van der Waals surface area contributed by atoms with Crippen molar-refractivity contribution in [2.75, 3.05) is 17.6 Å². The summed E-state index contributed by atoms with van der Waals surface area (Å²) in [5, 5.41) is 3.67. The van der Waals surface area contributed by atoms with Crippen LogP contribution in [0, 0.1) is 0 Å². The fraction of sp³-hybridized carbons (Fsp3) is 0.727. The third-order valence-electron chi connectivity index (χ3n) is 2.20. The summed E-state index contributed by atoms with van der Waals surface area (Å²) < 4.78 is 45.3. The molecular weight excluding hydrogens is 279 g/mol. The van der Waals surface area contributed by atoms with Crippen molar-refractivity contribution in [3.05, 3.63) is 0 Å². The van der Waals surface area contributed by atoms with Crippen LogP contribution in [0.5, 0.6) is 5.75 Å². The number of halogens is 3. The van der Waals surface area contributed by atoms with E-state index in [1.54, 1.807) is 0 Å². The molecule has 0 atom stereocenters. The van der Waals surface area contributed by atoms with Gasteiger partial charge in [0.05, 0.1) is 6.10 Å². The van der Waals surface area contributed by atoms with Gasteiger partial charge in [0.15, 0.2) is 16.6 Å². The van der Waals surface area contributed by atoms with Crippen molar-refractivity contribution < 1.29 is 17.9 Å². The Morgan fingerprint density at radius 1 is 1.37 bits per heavy atom. The van der Waals surface area contributed by atoms with E-state index < -0.39 is 12.6 Å². The lowest BCUT2D eigenvalue weighted by molar-refractivity contribution is -0.135. The summed E-state index contributed by atoms with van der Waals surface area (Å²) in [5.74, 6) is 0.785. The topological polar surface area (TPSA) is 60.2 Å². The molecule has 0 fully saturated rings. The molecule has 0 unspecified atom stereocenters. The largest absolute Gasteiger partial charge is 0.484 e. The predicted molar refractivity (Wildman–Crippen MR) is 70.7 cm³/mol. The molecule has 4 nitrogen and oxygen atoms in total. The summed E-state index contributed by atoms with van der Waals surface area (Å²) in [4.78, 5) is 0. The number of alkyl halides is 3. The Morgan fingerprint density at radius 2 is 2.05 bits per heavy atom. The Morgan fingerprint density at radius 3 is 2.63 bits per heavy atom. The van der Waals surface area contributed by atoms with E-state index in [2.05, 4.69) is 9.69 Å². The van der Waals surface area contributed by atoms with Crippen LogP contribution in [0.25, 0.3) is 0 Å². The number of ether oxygens (including phenoxy) is 1. The molecule has 3 N–H and O–H groups in total. The predicted octanol–water partition coefficient (Wildman–Crippen LogP) is 3.66. The van der Waals surface area contributed by atoms with E-state index in [0.29, 0.717) is 29.5 Å². The maximum Gasteiger partial charge on any atom is 0.389 e. The van der Waals surface area contributed by atoms with E-state index in [4.69, 9.17) is 10.5 Å². The van der Waals surface area contributed by atoms with Crippen molar-refractivity contribution in [2.45, 2.75) is 45.4 Å². The fourth-order valence-electron chi connectivity index (χ4n) is 1.41. The molecule has 1 aromatic heterocycles. The van der Waals surface area contributed by atoms with Crippen molar-refractivity contribution in [3.63, 3.8) is 0 Å². The third-order valence-corrected chi connectivity index (χ3v) is 3.00. The van der Waals surface area contributed by atoms with Crippen LogP contribution in [0.3, 0.4) is 0 Å². The van der Waals surface area contributed by atoms with E-state index >= 15 is 0 Å². The van der Waals surface area contributed by atoms with Gasteiger partial charge in [0.1, 0.15) is 0 Å². The average molecular weight is 297 g/mol. The Bertz CT molecular complexity index is 393. The summed E-state index contributed by atoms with van der Waals surface area (Å²) in [5.41, 5.74) is 5.66. The first-order chi connectivity index (χ1) is 8.79. The molecule has 0 aromatic carbocycles. The molecule has 0 spiro atoms. The van der Waals surface area contributed by atoms with Gasteiger partial charge >= 0.3 is 6.18 Å². The number of hydrogen-bond acceptors (Lipinski definition) is 5. The first-order valence-corrected chi connectivity index (χ1v) is 6.79. The van der Waals surface area contributed by atoms with Crippen LogP contribution in [0.15, 0.2) is 0 Å². The summed E-state index contributed by atoms with van der Waals surface area (Å²) >= 11 is 1.15. The highest BCUT2D eigenvalue weighted by Crippen LogP contribution is 2.35. The zero-order valence-electron chi connectivity index (χ0n) is 10.9. The molecule has 0 saturated heterocycles. The first kappa shape index (κ1) is 15.9. The molecular formula is C11H18F3N3OS. The Hall–Kier alpha value is -1.18. The highest BCUT2D eigenvalue weighted by atomic mass is 32.1. The van der Waals surface area contributed by atoms with Gasteiger partial charge in [-0.1, -0.05) is 0 Å². The molecule has 1 heterocycles. The zero-order valence-corrected chi connectivity index (χ0v) is 11.7. The van der Waals surface area contributed by atoms with Crippen molar-refractivity contribution in [3.8, 4) is 5.75 Å². The van der Waals surface area contributed by atoms with Gasteiger partial charge in [-0.25, -0.2) is 0 Å². The van der Waals surface area contributed by atoms with Gasteiger partial charge in [0.25, 0.3) is 0 Å². The molecule has 0 bridgehead atoms. The number of nitrogen functional groups attached to an aromatic ring is 1. The molecule has 110 valence electrons. The summed E-state index contributed by atoms with van der Waals surface area (Å²) in [6, 6.07) is 0. The third kappa shape index (κ3) is 6.00. The minimum absolute atomic E-state index is 0.0375. The van der Waals surface area contributed by atoms with E-state index in [1.807, 2.05) is 13.8 Å². The number of unbranched alkanes of at least 4 members (excludes halogenated alkanes) is 1. The highest BCUT2D eigenvalue weighted by Gasteiger charge is 2.25. The van der Waals surface area contributed by atoms with Gasteiger partial charge in [-0.3, -0.25) is 0 Å². The number of hydrogen-bond donors (Lipinski definition) is 2. The van der Waals surface area contributed by atoms with E-state index in [9.17, 15) is 13.2 Å². The standard InChI is InChI=1S/C11H18F3N3OS/c1-7(2)18-8-9(15)17-19-10(8)16-6-4-3-5-11(12,13)14/h7,16H,3-6H2,1-2H3,(H2,15,17). The number of anilines is 2. The molecule has 8 heteroatoms. The zero-order chi connectivity index (χ0) is 14.5. The number of nitrogens with zero attached hydrogens (tertiary/aromatic N) is 1. The van der Waals surface area contributed by atoms with Crippen LogP contribution in [-0.2, 0) is 0 Å². The normalized spacial score (nSPS) is 11.9. The first-order valence-electron chi connectivity index (χ1n) is 6.02. The second kappa shape index (κ2) is 6.83. The molecule has 1 rings (SSSR count). The van der Waals surface area contributed by atoms with Gasteiger partial charge in [-0.05, 0) is 38.2 Å². The number of nitrogens with two attached hydrogens (primary N) is 1. The van der Waals surface area contributed by atoms with Gasteiger partial charge in [0, 0.05) is 13.0 Å². The number of aromatic nitrogens is 1. The number of nitrogens with one attached hydrogen (secondary N) is 1. The molecule has 19 heavy (non-hydrogen) atoms. The Balaban J connectivity index is 2.37. The maximum absolute atomic E-state index is 12.0. The van der Waals surface area contributed by atoms with Crippen molar-refractivity contribution >= 4 is 22.4 Å². The lowest BCUT2D eigenvalue weighted by atomic mass is 10.2. The average Bonchev–Trinajstić information content (AvgIpc) is 2.58. The summed E-state index contributed by atoms with van der Waals surface area (Å²) in [6.45, 7) is 4.17. The smallest absolute Gasteiger partial charge is 0.389 e. The molecule has 0 saturated carbocycles. The van der Waals surface area contributed by atoms with Crippen molar-refractivity contribution in [2.24, 2.45) is 0 Å². The van der Waals surface area contributed by atoms with Crippen LogP contribution < -0.4 is 15.8 Å². The van der Waals surface area contributed by atoms with Gasteiger partial charge in [-0.15, -0.1) is 0 Å². The SMILES string of the molecule is CC(C)Oc1c(N)nsc1NCCCCC(F)(F)F. The Labute approximate surface area is 114 Å². The summed E-state index contributed by atoms with van der Waals surface area (Å²) in [7, 11) is 0. The van der Waals surface area contributed by atoms with E-state index in [1.165, 1.54) is 0 Å². The number of rotatable bonds is 7. The van der Waals surface area contributed by atoms with Crippen LogP contribution in [0.4, 0.5) is 24.0 Å². The van der Waals surface area contributed by atoms with Gasteiger partial charge in [0.2, 0.25) is 0 Å². The molecule has 0 aliphatic carbocycles. The maximum atomic E-state index is 12.0. The minimum Gasteiger partial charge on any atom is -0.484 e. The quantitative estimate of drug-likeness (QED) is 0.754. The minimum atomic E-state index is -4.08. The van der Waals surface area contributed by atoms with E-state index in [0.717, 1.165) is 11.5 Å². The van der Waals surface area contributed by atoms with Crippen LogP contribution >= 0.6 is 11.5 Å². The van der Waals surface area contributed by atoms with Gasteiger partial charge in [-0.2, -0.15) is 17.5 Å². The Kier molecular flexibility index (Phi) is 5.71. The van der Waals surface area contributed by atoms with Crippen molar-refractivity contribution in [1.29, 1.82) is 0 Å². The van der Waals surface area contributed by atoms with Crippen LogP contribution in [-0.4, -0.2) is 23.2 Å². The molecule has 0 aliphatic rings. The molecule has 0 amide bonds. The van der Waals surface area contributed by atoms with Crippen LogP contribution in [0.2, 0.25) is 0 Å². The van der Waals surface area contributed by atoms with Crippen LogP contribution in [0.1, 0.15) is 33.1 Å². The highest BCUT2D eigenvalue weighted by molar-refractivity contribution is 7.11.